The Morgan fingerprint density at radius 3 is 3.00 bits per heavy atom. The number of hydrogen-bond acceptors (Lipinski definition) is 4. The van der Waals surface area contributed by atoms with Gasteiger partial charge < -0.3 is 14.6 Å². The van der Waals surface area contributed by atoms with Crippen LogP contribution in [-0.2, 0) is 9.47 Å². The van der Waals surface area contributed by atoms with E-state index in [4.69, 9.17) is 26.8 Å². The van der Waals surface area contributed by atoms with Crippen molar-refractivity contribution in [1.29, 1.82) is 0 Å². The normalized spacial score (nSPS) is 30.4. The van der Waals surface area contributed by atoms with Crippen LogP contribution in [0, 0.1) is 0 Å². The van der Waals surface area contributed by atoms with E-state index in [0.717, 1.165) is 6.42 Å². The molecular weight excluding hydrogens is 164 g/mol. The van der Waals surface area contributed by atoms with Crippen molar-refractivity contribution in [2.45, 2.75) is 25.6 Å². The molecule has 4 heteroatoms. The van der Waals surface area contributed by atoms with Crippen LogP contribution in [0.4, 0.5) is 0 Å². The van der Waals surface area contributed by atoms with Crippen molar-refractivity contribution in [2.24, 2.45) is 0 Å². The molecule has 1 N–H and O–H groups in total. The largest absolute Gasteiger partial charge is 0.482 e. The molecule has 0 aromatic carbocycles. The zero-order chi connectivity index (χ0) is 8.27. The van der Waals surface area contributed by atoms with E-state index in [9.17, 15) is 0 Å². The Morgan fingerprint density at radius 2 is 2.55 bits per heavy atom. The fourth-order valence-electron chi connectivity index (χ4n) is 1.12. The van der Waals surface area contributed by atoms with Gasteiger partial charge in [-0.1, -0.05) is 0 Å². The number of ether oxygens (including phenoxy) is 2. The second kappa shape index (κ2) is 3.99. The van der Waals surface area contributed by atoms with Gasteiger partial charge in [-0.3, -0.25) is 0 Å². The zero-order valence-electron chi connectivity index (χ0n) is 6.45. The zero-order valence-corrected chi connectivity index (χ0v) is 7.26. The second-order valence-electron chi connectivity index (χ2n) is 2.61. The number of rotatable bonds is 2. The number of aliphatic hydroxyl groups is 1. The maximum atomic E-state index is 8.70. The van der Waals surface area contributed by atoms with Crippen molar-refractivity contribution >= 4 is 17.3 Å². The Bertz CT molecular complexity index is 149. The van der Waals surface area contributed by atoms with Gasteiger partial charge in [0, 0.05) is 13.3 Å². The first kappa shape index (κ1) is 8.90. The highest BCUT2D eigenvalue weighted by Crippen LogP contribution is 2.15. The minimum Gasteiger partial charge on any atom is -0.482 e. The van der Waals surface area contributed by atoms with Gasteiger partial charge in [-0.2, -0.15) is 0 Å². The van der Waals surface area contributed by atoms with Gasteiger partial charge in [-0.05, 0) is 12.2 Å². The molecule has 1 aliphatic rings. The van der Waals surface area contributed by atoms with Gasteiger partial charge in [0.05, 0.1) is 19.3 Å². The highest BCUT2D eigenvalue weighted by Gasteiger charge is 2.25. The minimum absolute atomic E-state index is 0.0460. The molecule has 2 atom stereocenters. The summed E-state index contributed by atoms with van der Waals surface area (Å²) in [5.41, 5.74) is 0. The lowest BCUT2D eigenvalue weighted by Gasteiger charge is -2.08. The van der Waals surface area contributed by atoms with Gasteiger partial charge >= 0.3 is 0 Å². The Balaban J connectivity index is 2.24. The molecule has 11 heavy (non-hydrogen) atoms. The quantitative estimate of drug-likeness (QED) is 0.622. The SMILES string of the molecule is CC(=S)O[C@@H]1CO[C@@H](CO)C1. The fraction of sp³-hybridized carbons (Fsp3) is 0.857. The van der Waals surface area contributed by atoms with E-state index in [1.165, 1.54) is 0 Å². The summed E-state index contributed by atoms with van der Waals surface area (Å²) in [5.74, 6) is 0. The van der Waals surface area contributed by atoms with Crippen LogP contribution < -0.4 is 0 Å². The average Bonchev–Trinajstić information content (AvgIpc) is 2.34. The molecule has 0 spiro atoms. The summed E-state index contributed by atoms with van der Waals surface area (Å²) in [6.45, 7) is 2.34. The van der Waals surface area contributed by atoms with E-state index in [0.29, 0.717) is 11.7 Å². The smallest absolute Gasteiger partial charge is 0.157 e. The first-order valence-corrected chi connectivity index (χ1v) is 4.03. The lowest BCUT2D eigenvalue weighted by molar-refractivity contribution is 0.0528. The Hall–Kier alpha value is -0.190. The molecule has 0 amide bonds. The monoisotopic (exact) mass is 176 g/mol. The molecule has 1 aliphatic heterocycles. The Labute approximate surface area is 71.3 Å². The van der Waals surface area contributed by atoms with Gasteiger partial charge in [0.25, 0.3) is 0 Å². The topological polar surface area (TPSA) is 38.7 Å². The molecule has 0 saturated carbocycles. The summed E-state index contributed by atoms with van der Waals surface area (Å²) < 4.78 is 10.4. The maximum absolute atomic E-state index is 8.70. The van der Waals surface area contributed by atoms with Crippen LogP contribution in [0.2, 0.25) is 0 Å². The summed E-state index contributed by atoms with van der Waals surface area (Å²) in [6.07, 6.45) is 0.726. The van der Waals surface area contributed by atoms with Crippen LogP contribution in [0.5, 0.6) is 0 Å². The fourth-order valence-corrected chi connectivity index (χ4v) is 1.25. The summed E-state index contributed by atoms with van der Waals surface area (Å²) in [4.78, 5) is 0. The van der Waals surface area contributed by atoms with Crippen molar-refractivity contribution in [1.82, 2.24) is 0 Å². The first-order valence-electron chi connectivity index (χ1n) is 3.62. The minimum atomic E-state index is -0.0608. The summed E-state index contributed by atoms with van der Waals surface area (Å²) >= 11 is 4.77. The van der Waals surface area contributed by atoms with Crippen LogP contribution in [0.3, 0.4) is 0 Å². The van der Waals surface area contributed by atoms with Gasteiger partial charge in [0.2, 0.25) is 0 Å². The molecule has 64 valence electrons. The Kier molecular flexibility index (Phi) is 3.23. The van der Waals surface area contributed by atoms with Crippen LogP contribution in [-0.4, -0.2) is 35.6 Å². The first-order chi connectivity index (χ1) is 5.22. The molecule has 1 saturated heterocycles. The number of thiocarbonyl (C=S) groups is 1. The van der Waals surface area contributed by atoms with Crippen LogP contribution in [0.25, 0.3) is 0 Å². The van der Waals surface area contributed by atoms with E-state index in [2.05, 4.69) is 0 Å². The molecular formula is C7H12O3S. The number of hydrogen-bond donors (Lipinski definition) is 1. The van der Waals surface area contributed by atoms with Crippen molar-refractivity contribution < 1.29 is 14.6 Å². The highest BCUT2D eigenvalue weighted by atomic mass is 32.1. The van der Waals surface area contributed by atoms with E-state index < -0.39 is 0 Å². The molecule has 0 aliphatic carbocycles. The Morgan fingerprint density at radius 1 is 1.82 bits per heavy atom. The lowest BCUT2D eigenvalue weighted by atomic mass is 10.2. The third-order valence-corrected chi connectivity index (χ3v) is 1.68. The van der Waals surface area contributed by atoms with E-state index >= 15 is 0 Å². The highest BCUT2D eigenvalue weighted by molar-refractivity contribution is 7.80. The summed E-state index contributed by atoms with van der Waals surface area (Å²) in [6, 6.07) is 0. The standard InChI is InChI=1S/C7H12O3S/c1-5(11)10-7-2-6(3-8)9-4-7/h6-8H,2-4H2,1H3/t6-,7+/m1/s1. The maximum Gasteiger partial charge on any atom is 0.157 e. The molecule has 1 fully saturated rings. The van der Waals surface area contributed by atoms with Gasteiger partial charge in [0.1, 0.15) is 6.10 Å². The average molecular weight is 176 g/mol. The molecule has 3 nitrogen and oxygen atoms in total. The summed E-state index contributed by atoms with van der Waals surface area (Å²) in [7, 11) is 0. The van der Waals surface area contributed by atoms with Crippen molar-refractivity contribution in [2.75, 3.05) is 13.2 Å². The summed E-state index contributed by atoms with van der Waals surface area (Å²) in [5, 5.41) is 9.24. The lowest BCUT2D eigenvalue weighted by Crippen LogP contribution is -2.16. The predicted octanol–water partition coefficient (Wildman–Crippen LogP) is 0.500. The second-order valence-corrected chi connectivity index (χ2v) is 3.18. The van der Waals surface area contributed by atoms with Crippen LogP contribution >= 0.6 is 12.2 Å². The van der Waals surface area contributed by atoms with E-state index in [1.807, 2.05) is 0 Å². The molecule has 0 unspecified atom stereocenters. The molecule has 1 rings (SSSR count). The van der Waals surface area contributed by atoms with Crippen molar-refractivity contribution in [3.8, 4) is 0 Å². The third kappa shape index (κ3) is 2.73. The molecule has 0 radical (unpaired) electrons. The van der Waals surface area contributed by atoms with E-state index in [-0.39, 0.29) is 18.8 Å². The van der Waals surface area contributed by atoms with Gasteiger partial charge in [-0.25, -0.2) is 0 Å². The van der Waals surface area contributed by atoms with Crippen molar-refractivity contribution in [3.63, 3.8) is 0 Å². The molecule has 1 heterocycles. The predicted molar refractivity (Wildman–Crippen MR) is 44.6 cm³/mol. The van der Waals surface area contributed by atoms with Crippen LogP contribution in [0.15, 0.2) is 0 Å². The van der Waals surface area contributed by atoms with Gasteiger partial charge in [-0.15, -0.1) is 0 Å². The molecule has 0 aromatic heterocycles. The van der Waals surface area contributed by atoms with Crippen LogP contribution in [0.1, 0.15) is 13.3 Å². The third-order valence-electron chi connectivity index (χ3n) is 1.58. The van der Waals surface area contributed by atoms with E-state index in [1.54, 1.807) is 6.92 Å². The van der Waals surface area contributed by atoms with Gasteiger partial charge in [0.15, 0.2) is 5.05 Å². The number of aliphatic hydroxyl groups excluding tert-OH is 1. The van der Waals surface area contributed by atoms with Crippen molar-refractivity contribution in [3.05, 3.63) is 0 Å². The molecule has 0 bridgehead atoms. The molecule has 0 aromatic rings.